The zero-order chi connectivity index (χ0) is 31.7. The minimum absolute atomic E-state index is 0.247. The molecule has 0 bridgehead atoms. The molecule has 0 spiro atoms. The van der Waals surface area contributed by atoms with E-state index in [2.05, 4.69) is 6.92 Å². The average molecular weight is 601 g/mol. The molecule has 44 heavy (non-hydrogen) atoms. The number of carbonyl (C=O) groups excluding carboxylic acids is 3. The lowest BCUT2D eigenvalue weighted by molar-refractivity contribution is -0.154. The van der Waals surface area contributed by atoms with Crippen molar-refractivity contribution in [1.82, 2.24) is 0 Å². The number of ether oxygens (including phenoxy) is 4. The third kappa shape index (κ3) is 11.7. The van der Waals surface area contributed by atoms with Crippen LogP contribution in [0.15, 0.2) is 78.9 Å². The third-order valence-electron chi connectivity index (χ3n) is 7.16. The molecule has 0 fully saturated rings. The Hall–Kier alpha value is -4.39. The molecule has 2 unspecified atom stereocenters. The molecule has 0 saturated heterocycles. The molecule has 7 heteroatoms. The highest BCUT2D eigenvalue weighted by Crippen LogP contribution is 2.24. The van der Waals surface area contributed by atoms with Crippen LogP contribution in [0.2, 0.25) is 0 Å². The zero-order valence-corrected chi connectivity index (χ0v) is 26.3. The van der Waals surface area contributed by atoms with Crippen LogP contribution in [0.3, 0.4) is 0 Å². The monoisotopic (exact) mass is 600 g/mol. The van der Waals surface area contributed by atoms with E-state index < -0.39 is 24.0 Å². The highest BCUT2D eigenvalue weighted by molar-refractivity contribution is 5.92. The molecule has 3 aromatic carbocycles. The fourth-order valence-corrected chi connectivity index (χ4v) is 4.14. The predicted molar refractivity (Wildman–Crippen MR) is 173 cm³/mol. The Morgan fingerprint density at radius 1 is 0.750 bits per heavy atom. The minimum atomic E-state index is -0.994. The van der Waals surface area contributed by atoms with Gasteiger partial charge >= 0.3 is 17.9 Å². The smallest absolute Gasteiger partial charge is 0.347 e. The molecule has 234 valence electrons. The van der Waals surface area contributed by atoms with Crippen LogP contribution < -0.4 is 9.47 Å². The van der Waals surface area contributed by atoms with E-state index in [9.17, 15) is 14.4 Å². The molecule has 0 aliphatic carbocycles. The van der Waals surface area contributed by atoms with Crippen LogP contribution in [0.5, 0.6) is 11.5 Å². The van der Waals surface area contributed by atoms with E-state index in [0.29, 0.717) is 24.5 Å². The first-order valence-corrected chi connectivity index (χ1v) is 15.5. The van der Waals surface area contributed by atoms with Crippen molar-refractivity contribution in [3.63, 3.8) is 0 Å². The minimum Gasteiger partial charge on any atom is -0.494 e. The molecule has 0 amide bonds. The van der Waals surface area contributed by atoms with Crippen LogP contribution >= 0.6 is 0 Å². The topological polar surface area (TPSA) is 88.1 Å². The summed E-state index contributed by atoms with van der Waals surface area (Å²) in [6.07, 6.45) is 8.98. The van der Waals surface area contributed by atoms with E-state index in [1.54, 1.807) is 42.5 Å². The summed E-state index contributed by atoms with van der Waals surface area (Å²) in [5, 5.41) is 0. The summed E-state index contributed by atoms with van der Waals surface area (Å²) >= 11 is 0. The quantitative estimate of drug-likeness (QED) is 0.0665. The molecule has 0 aliphatic heterocycles. The highest BCUT2D eigenvalue weighted by atomic mass is 16.6. The number of carbonyl (C=O) groups is 3. The second-order valence-electron chi connectivity index (χ2n) is 10.9. The van der Waals surface area contributed by atoms with Crippen LogP contribution in [0, 0.1) is 5.92 Å². The zero-order valence-electron chi connectivity index (χ0n) is 26.3. The first-order valence-electron chi connectivity index (χ1n) is 15.5. The fourth-order valence-electron chi connectivity index (χ4n) is 4.14. The van der Waals surface area contributed by atoms with Crippen molar-refractivity contribution >= 4 is 24.0 Å². The van der Waals surface area contributed by atoms with E-state index in [1.807, 2.05) is 50.2 Å². The largest absolute Gasteiger partial charge is 0.494 e. The predicted octanol–water partition coefficient (Wildman–Crippen LogP) is 8.46. The Labute approximate surface area is 261 Å². The molecule has 0 aromatic heterocycles. The van der Waals surface area contributed by atoms with Crippen LogP contribution in [0.4, 0.5) is 0 Å². The average Bonchev–Trinajstić information content (AvgIpc) is 3.05. The number of esters is 3. The molecule has 3 aromatic rings. The number of unbranched alkanes of at least 4 members (excludes halogenated alkanes) is 4. The van der Waals surface area contributed by atoms with E-state index in [1.165, 1.54) is 38.7 Å². The van der Waals surface area contributed by atoms with Gasteiger partial charge in [-0.2, -0.15) is 0 Å². The van der Waals surface area contributed by atoms with E-state index >= 15 is 0 Å². The Bertz CT molecular complexity index is 1340. The van der Waals surface area contributed by atoms with Crippen molar-refractivity contribution in [1.29, 1.82) is 0 Å². The maximum absolute atomic E-state index is 12.5. The number of rotatable bonds is 17. The Balaban J connectivity index is 1.45. The van der Waals surface area contributed by atoms with Crippen molar-refractivity contribution < 1.29 is 33.3 Å². The van der Waals surface area contributed by atoms with Crippen molar-refractivity contribution in [3.05, 3.63) is 90.0 Å². The lowest BCUT2D eigenvalue weighted by Gasteiger charge is -2.15. The van der Waals surface area contributed by atoms with Crippen molar-refractivity contribution in [3.8, 4) is 22.6 Å². The van der Waals surface area contributed by atoms with Gasteiger partial charge in [-0.15, -0.1) is 0 Å². The molecular formula is C37H44O7. The summed E-state index contributed by atoms with van der Waals surface area (Å²) in [7, 11) is 0. The molecule has 2 atom stereocenters. The van der Waals surface area contributed by atoms with Crippen molar-refractivity contribution in [2.45, 2.75) is 72.3 Å². The molecule has 0 heterocycles. The summed E-state index contributed by atoms with van der Waals surface area (Å²) in [6, 6.07) is 21.5. The maximum Gasteiger partial charge on any atom is 0.347 e. The van der Waals surface area contributed by atoms with Gasteiger partial charge in [0.25, 0.3) is 0 Å². The van der Waals surface area contributed by atoms with Crippen LogP contribution in [0.1, 0.15) is 82.1 Å². The van der Waals surface area contributed by atoms with E-state index in [4.69, 9.17) is 18.9 Å². The molecule has 0 N–H and O–H groups in total. The summed E-state index contributed by atoms with van der Waals surface area (Å²) < 4.78 is 21.7. The molecule has 0 saturated carbocycles. The van der Waals surface area contributed by atoms with Gasteiger partial charge < -0.3 is 18.9 Å². The van der Waals surface area contributed by atoms with Gasteiger partial charge in [0.15, 0.2) is 6.10 Å². The first kappa shape index (κ1) is 34.1. The van der Waals surface area contributed by atoms with Crippen LogP contribution in [-0.2, 0) is 19.1 Å². The third-order valence-corrected chi connectivity index (χ3v) is 7.16. The SMILES string of the molecule is CCCCCCCOc1ccc(/C=C/C(=O)Oc2ccc(-c3ccc(C(=O)OC(C)C(=O)OCC(C)CC)cc3)cc2)cc1. The van der Waals surface area contributed by atoms with Crippen molar-refractivity contribution in [2.75, 3.05) is 13.2 Å². The maximum atomic E-state index is 12.5. The summed E-state index contributed by atoms with van der Waals surface area (Å²) in [6.45, 7) is 8.71. The number of hydrogen-bond donors (Lipinski definition) is 0. The van der Waals surface area contributed by atoms with E-state index in [-0.39, 0.29) is 5.92 Å². The second-order valence-corrected chi connectivity index (χ2v) is 10.9. The molecule has 7 nitrogen and oxygen atoms in total. The lowest BCUT2D eigenvalue weighted by Crippen LogP contribution is -2.27. The second kappa shape index (κ2) is 18.3. The summed E-state index contributed by atoms with van der Waals surface area (Å²) in [5.74, 6) is -0.159. The van der Waals surface area contributed by atoms with Gasteiger partial charge in [-0.05, 0) is 78.4 Å². The van der Waals surface area contributed by atoms with Gasteiger partial charge in [0, 0.05) is 6.08 Å². The molecule has 0 aliphatic rings. The normalized spacial score (nSPS) is 12.4. The van der Waals surface area contributed by atoms with Crippen LogP contribution in [0.25, 0.3) is 17.2 Å². The fraction of sp³-hybridized carbons (Fsp3) is 0.378. The molecular weight excluding hydrogens is 556 g/mol. The lowest BCUT2D eigenvalue weighted by atomic mass is 10.0. The van der Waals surface area contributed by atoms with Gasteiger partial charge in [0.05, 0.1) is 18.8 Å². The highest BCUT2D eigenvalue weighted by Gasteiger charge is 2.21. The van der Waals surface area contributed by atoms with Gasteiger partial charge in [-0.25, -0.2) is 14.4 Å². The van der Waals surface area contributed by atoms with Gasteiger partial charge in [0.1, 0.15) is 11.5 Å². The van der Waals surface area contributed by atoms with Gasteiger partial charge in [0.2, 0.25) is 0 Å². The summed E-state index contributed by atoms with van der Waals surface area (Å²) in [4.78, 5) is 36.9. The Kier molecular flexibility index (Phi) is 14.2. The summed E-state index contributed by atoms with van der Waals surface area (Å²) in [5.41, 5.74) is 2.94. The van der Waals surface area contributed by atoms with Gasteiger partial charge in [-0.3, -0.25) is 0 Å². The Morgan fingerprint density at radius 3 is 2.00 bits per heavy atom. The standard InChI is InChI=1S/C37H44O7/c1-5-7-8-9-10-25-41-33-20-11-29(12-21-33)13-24-35(38)44-34-22-18-31(19-23-34)30-14-16-32(17-15-30)37(40)43-28(4)36(39)42-26-27(3)6-2/h11-24,27-28H,5-10,25-26H2,1-4H3/b24-13+. The molecule has 0 radical (unpaired) electrons. The van der Waals surface area contributed by atoms with Crippen LogP contribution in [-0.4, -0.2) is 37.2 Å². The number of hydrogen-bond acceptors (Lipinski definition) is 7. The van der Waals surface area contributed by atoms with E-state index in [0.717, 1.165) is 35.3 Å². The van der Waals surface area contributed by atoms with Crippen molar-refractivity contribution in [2.24, 2.45) is 5.92 Å². The number of benzene rings is 3. The Morgan fingerprint density at radius 2 is 1.36 bits per heavy atom. The molecule has 3 rings (SSSR count). The first-order chi connectivity index (χ1) is 21.3. The van der Waals surface area contributed by atoms with Gasteiger partial charge in [-0.1, -0.05) is 89.3 Å².